The average molecular weight is 446 g/mol. The molecule has 0 spiro atoms. The number of nitrogens with one attached hydrogen (secondary N) is 1. The van der Waals surface area contributed by atoms with E-state index in [0.29, 0.717) is 5.69 Å². The van der Waals surface area contributed by atoms with Crippen LogP contribution in [-0.2, 0) is 14.4 Å². The highest BCUT2D eigenvalue weighted by Crippen LogP contribution is 2.32. The van der Waals surface area contributed by atoms with Crippen molar-refractivity contribution in [2.45, 2.75) is 12.1 Å². The first-order valence-corrected chi connectivity index (χ1v) is 9.09. The van der Waals surface area contributed by atoms with Crippen LogP contribution in [0.25, 0.3) is 0 Å². The van der Waals surface area contributed by atoms with Gasteiger partial charge >= 0.3 is 0 Å². The predicted molar refractivity (Wildman–Crippen MR) is 101 cm³/mol. The van der Waals surface area contributed by atoms with Crippen LogP contribution in [0, 0.1) is 5.82 Å². The minimum atomic E-state index is -1.05. The highest BCUT2D eigenvalue weighted by atomic mass is 79.9. The second-order valence-corrected chi connectivity index (χ2v) is 7.15. The Morgan fingerprint density at radius 3 is 2.61 bits per heavy atom. The summed E-state index contributed by atoms with van der Waals surface area (Å²) in [5.41, 5.74) is 0.704. The second kappa shape index (κ2) is 7.12. The largest absolute Gasteiger partial charge is 0.324 e. The van der Waals surface area contributed by atoms with E-state index >= 15 is 0 Å². The van der Waals surface area contributed by atoms with Gasteiger partial charge in [-0.3, -0.25) is 19.4 Å². The summed E-state index contributed by atoms with van der Waals surface area (Å²) in [7, 11) is 0. The molecule has 2 aromatic carbocycles. The number of fused-ring (bicyclic) bond motifs is 1. The molecule has 0 aromatic heterocycles. The average Bonchev–Trinajstić information content (AvgIpc) is 3.17. The molecule has 4 rings (SSSR count). The zero-order valence-corrected chi connectivity index (χ0v) is 15.8. The van der Waals surface area contributed by atoms with E-state index in [9.17, 15) is 18.8 Å². The molecule has 142 valence electrons. The van der Waals surface area contributed by atoms with Gasteiger partial charge in [0.2, 0.25) is 5.91 Å². The Labute approximate surface area is 167 Å². The maximum atomic E-state index is 13.5. The molecule has 0 bridgehead atoms. The molecule has 0 radical (unpaired) electrons. The Morgan fingerprint density at radius 2 is 1.89 bits per heavy atom. The van der Waals surface area contributed by atoms with Gasteiger partial charge in [0.05, 0.1) is 5.69 Å². The first-order chi connectivity index (χ1) is 13.4. The monoisotopic (exact) mass is 445 g/mol. The molecule has 28 heavy (non-hydrogen) atoms. The first-order valence-electron chi connectivity index (χ1n) is 8.30. The normalized spacial score (nSPS) is 20.6. The van der Waals surface area contributed by atoms with Crippen molar-refractivity contribution < 1.29 is 18.8 Å². The lowest BCUT2D eigenvalue weighted by Crippen LogP contribution is -2.43. The molecule has 10 heteroatoms. The minimum Gasteiger partial charge on any atom is -0.324 e. The lowest BCUT2D eigenvalue weighted by Gasteiger charge is -2.20. The van der Waals surface area contributed by atoms with Crippen LogP contribution in [0.5, 0.6) is 0 Å². The van der Waals surface area contributed by atoms with Crippen LogP contribution in [0.4, 0.5) is 15.8 Å². The standard InChI is InChI=1S/C18H13BrFN5O3/c19-10-4-6-12(7-5-10)21-14(26)9-24-16-15(22-23-24)17(27)25(18(16)28)13-3-1-2-11(20)8-13/h1-8,15-16H,9H2,(H,21,26)/t15-,16+/m1/s1. The summed E-state index contributed by atoms with van der Waals surface area (Å²) < 4.78 is 14.4. The Kier molecular flexibility index (Phi) is 4.63. The molecule has 1 fully saturated rings. The van der Waals surface area contributed by atoms with Gasteiger partial charge in [0, 0.05) is 10.2 Å². The molecule has 2 aliphatic heterocycles. The maximum absolute atomic E-state index is 13.5. The number of rotatable bonds is 4. The number of anilines is 2. The third-order valence-electron chi connectivity index (χ3n) is 4.36. The Balaban J connectivity index is 1.49. The van der Waals surface area contributed by atoms with Gasteiger partial charge < -0.3 is 5.32 Å². The number of halogens is 2. The Hall–Kier alpha value is -3.14. The summed E-state index contributed by atoms with van der Waals surface area (Å²) in [6.45, 7) is -0.253. The van der Waals surface area contributed by atoms with Crippen LogP contribution >= 0.6 is 15.9 Å². The number of benzene rings is 2. The molecule has 2 atom stereocenters. The lowest BCUT2D eigenvalue weighted by atomic mass is 10.1. The topological polar surface area (TPSA) is 94.4 Å². The second-order valence-electron chi connectivity index (χ2n) is 6.24. The molecule has 1 saturated heterocycles. The number of amides is 3. The molecule has 0 unspecified atom stereocenters. The maximum Gasteiger partial charge on any atom is 0.263 e. The van der Waals surface area contributed by atoms with Crippen LogP contribution in [0.2, 0.25) is 0 Å². The van der Waals surface area contributed by atoms with Crippen molar-refractivity contribution in [1.29, 1.82) is 0 Å². The van der Waals surface area contributed by atoms with E-state index in [1.807, 2.05) is 0 Å². The van der Waals surface area contributed by atoms with Crippen molar-refractivity contribution in [3.8, 4) is 0 Å². The lowest BCUT2D eigenvalue weighted by molar-refractivity contribution is -0.123. The summed E-state index contributed by atoms with van der Waals surface area (Å²) in [5.74, 6) is -2.17. The van der Waals surface area contributed by atoms with Gasteiger partial charge in [-0.15, -0.1) is 0 Å². The van der Waals surface area contributed by atoms with E-state index in [1.165, 1.54) is 23.2 Å². The fourth-order valence-electron chi connectivity index (χ4n) is 3.10. The van der Waals surface area contributed by atoms with Gasteiger partial charge in [0.25, 0.3) is 11.8 Å². The van der Waals surface area contributed by atoms with Crippen molar-refractivity contribution in [3.05, 3.63) is 58.8 Å². The summed E-state index contributed by atoms with van der Waals surface area (Å²) >= 11 is 3.31. The Morgan fingerprint density at radius 1 is 1.14 bits per heavy atom. The van der Waals surface area contributed by atoms with E-state index in [2.05, 4.69) is 31.6 Å². The molecule has 0 saturated carbocycles. The minimum absolute atomic E-state index is 0.124. The number of carbonyl (C=O) groups excluding carboxylic acids is 3. The fraction of sp³-hybridized carbons (Fsp3) is 0.167. The van der Waals surface area contributed by atoms with Crippen LogP contribution in [0.15, 0.2) is 63.3 Å². The summed E-state index contributed by atoms with van der Waals surface area (Å²) in [6.07, 6.45) is 0. The molecule has 0 aliphatic carbocycles. The Bertz CT molecular complexity index is 997. The van der Waals surface area contributed by atoms with Gasteiger partial charge in [0.15, 0.2) is 12.1 Å². The molecular weight excluding hydrogens is 433 g/mol. The van der Waals surface area contributed by atoms with Crippen molar-refractivity contribution in [1.82, 2.24) is 5.01 Å². The highest BCUT2D eigenvalue weighted by Gasteiger charge is 2.55. The van der Waals surface area contributed by atoms with Gasteiger partial charge in [0.1, 0.15) is 12.4 Å². The van der Waals surface area contributed by atoms with Crippen molar-refractivity contribution in [3.63, 3.8) is 0 Å². The predicted octanol–water partition coefficient (Wildman–Crippen LogP) is 2.52. The number of imide groups is 1. The van der Waals surface area contributed by atoms with E-state index in [1.54, 1.807) is 24.3 Å². The van der Waals surface area contributed by atoms with Crippen molar-refractivity contribution in [2.24, 2.45) is 10.3 Å². The molecule has 2 aromatic rings. The molecular formula is C18H13BrFN5O3. The zero-order chi connectivity index (χ0) is 19.8. The molecule has 3 amide bonds. The van der Waals surface area contributed by atoms with Crippen molar-refractivity contribution >= 4 is 45.0 Å². The molecule has 2 heterocycles. The van der Waals surface area contributed by atoms with E-state index in [4.69, 9.17) is 0 Å². The first kappa shape index (κ1) is 18.2. The zero-order valence-electron chi connectivity index (χ0n) is 14.3. The van der Waals surface area contributed by atoms with Crippen LogP contribution < -0.4 is 10.2 Å². The van der Waals surface area contributed by atoms with Crippen LogP contribution in [0.3, 0.4) is 0 Å². The van der Waals surface area contributed by atoms with Crippen LogP contribution in [-0.4, -0.2) is 41.4 Å². The van der Waals surface area contributed by atoms with E-state index in [0.717, 1.165) is 15.4 Å². The summed E-state index contributed by atoms with van der Waals surface area (Å²) in [6, 6.07) is 10.1. The van der Waals surface area contributed by atoms with Crippen molar-refractivity contribution in [2.75, 3.05) is 16.8 Å². The quantitative estimate of drug-likeness (QED) is 0.731. The van der Waals surface area contributed by atoms with Gasteiger partial charge in [-0.1, -0.05) is 27.2 Å². The smallest absolute Gasteiger partial charge is 0.263 e. The number of nitrogens with zero attached hydrogens (tertiary/aromatic N) is 4. The number of carbonyl (C=O) groups is 3. The highest BCUT2D eigenvalue weighted by molar-refractivity contribution is 9.10. The molecule has 1 N–H and O–H groups in total. The summed E-state index contributed by atoms with van der Waals surface area (Å²) in [5, 5.41) is 11.5. The van der Waals surface area contributed by atoms with Crippen LogP contribution in [0.1, 0.15) is 0 Å². The summed E-state index contributed by atoms with van der Waals surface area (Å²) in [4.78, 5) is 38.5. The van der Waals surface area contributed by atoms with E-state index in [-0.39, 0.29) is 12.2 Å². The van der Waals surface area contributed by atoms with Gasteiger partial charge in [-0.25, -0.2) is 9.29 Å². The van der Waals surface area contributed by atoms with Gasteiger partial charge in [-0.2, -0.15) is 5.11 Å². The number of hydrogen-bond donors (Lipinski definition) is 1. The third kappa shape index (κ3) is 3.26. The number of hydrogen-bond acceptors (Lipinski definition) is 6. The molecule has 8 nitrogen and oxygen atoms in total. The van der Waals surface area contributed by atoms with E-state index < -0.39 is 35.6 Å². The van der Waals surface area contributed by atoms with Gasteiger partial charge in [-0.05, 0) is 42.5 Å². The fourth-order valence-corrected chi connectivity index (χ4v) is 3.37. The molecule has 2 aliphatic rings. The SMILES string of the molecule is O=C(CN1N=N[C@H]2C(=O)N(c3cccc(F)c3)C(=O)[C@H]21)Nc1ccc(Br)cc1. The third-order valence-corrected chi connectivity index (χ3v) is 4.89.